The Kier molecular flexibility index (Phi) is 8.30. The molecule has 0 aliphatic heterocycles. The minimum Gasteiger partial charge on any atom is -0.377 e. The number of hydrogen-bond acceptors (Lipinski definition) is 5. The molecule has 0 heterocycles. The molecule has 0 radical (unpaired) electrons. The van der Waals surface area contributed by atoms with Crippen molar-refractivity contribution < 1.29 is 23.2 Å². The molecule has 2 aromatic rings. The molecule has 156 valence electrons. The van der Waals surface area contributed by atoms with Gasteiger partial charge in [0.05, 0.1) is 0 Å². The lowest BCUT2D eigenvalue weighted by atomic mass is 9.85. The fraction of sp³-hybridized carbons (Fsp3) is 0.318. The fourth-order valence-electron chi connectivity index (χ4n) is 3.16. The van der Waals surface area contributed by atoms with E-state index in [1.54, 1.807) is 63.8 Å². The van der Waals surface area contributed by atoms with Crippen molar-refractivity contribution in [3.8, 4) is 0 Å². The molecule has 29 heavy (non-hydrogen) atoms. The normalized spacial score (nSPS) is 13.5. The van der Waals surface area contributed by atoms with Crippen molar-refractivity contribution in [2.45, 2.75) is 18.1 Å². The first kappa shape index (κ1) is 23.0. The largest absolute Gasteiger partial charge is 0.500 e. The maximum Gasteiger partial charge on any atom is 0.500 e. The second kappa shape index (κ2) is 10.5. The molecule has 0 aromatic heterocycles. The van der Waals surface area contributed by atoms with Crippen LogP contribution >= 0.6 is 0 Å². The summed E-state index contributed by atoms with van der Waals surface area (Å²) >= 11 is 0. The van der Waals surface area contributed by atoms with Crippen molar-refractivity contribution in [1.29, 1.82) is 0 Å². The summed E-state index contributed by atoms with van der Waals surface area (Å²) in [5.74, 6) is -0.491. The summed E-state index contributed by atoms with van der Waals surface area (Å²) in [7, 11) is 1.97. The predicted octanol–water partition coefficient (Wildman–Crippen LogP) is 2.95. The van der Waals surface area contributed by atoms with Crippen LogP contribution in [0.2, 0.25) is 6.04 Å². The van der Waals surface area contributed by atoms with Crippen LogP contribution in [0.25, 0.3) is 6.08 Å². The second-order valence-corrected chi connectivity index (χ2v) is 9.65. The van der Waals surface area contributed by atoms with E-state index >= 15 is 0 Å². The third-order valence-corrected chi connectivity index (χ3v) is 7.79. The molecule has 6 nitrogen and oxygen atoms in total. The third-order valence-electron chi connectivity index (χ3n) is 4.96. The van der Waals surface area contributed by atoms with E-state index < -0.39 is 20.3 Å². The minimum absolute atomic E-state index is 0.351. The molecule has 0 spiro atoms. The molecule has 0 fully saturated rings. The molecule has 0 saturated carbocycles. The van der Waals surface area contributed by atoms with Gasteiger partial charge in [0.15, 0.2) is 5.60 Å². The highest BCUT2D eigenvalue weighted by Gasteiger charge is 2.40. The quantitative estimate of drug-likeness (QED) is 0.436. The maximum atomic E-state index is 13.1. The number of hydrogen-bond donors (Lipinski definition) is 2. The predicted molar refractivity (Wildman–Crippen MR) is 115 cm³/mol. The highest BCUT2D eigenvalue weighted by molar-refractivity contribution is 6.60. The van der Waals surface area contributed by atoms with Gasteiger partial charge in [0.25, 0.3) is 5.91 Å². The summed E-state index contributed by atoms with van der Waals surface area (Å²) in [5, 5.41) is 14.3. The average Bonchev–Trinajstić information content (AvgIpc) is 2.79. The molecule has 0 saturated heterocycles. The van der Waals surface area contributed by atoms with Crippen LogP contribution in [0, 0.1) is 0 Å². The van der Waals surface area contributed by atoms with Crippen LogP contribution in [0.15, 0.2) is 61.2 Å². The van der Waals surface area contributed by atoms with Gasteiger partial charge in [0, 0.05) is 33.9 Å². The van der Waals surface area contributed by atoms with E-state index in [2.05, 4.69) is 11.9 Å². The molecule has 0 bridgehead atoms. The lowest BCUT2D eigenvalue weighted by Crippen LogP contribution is -2.47. The number of rotatable bonds is 11. The Morgan fingerprint density at radius 2 is 1.59 bits per heavy atom. The van der Waals surface area contributed by atoms with Crippen molar-refractivity contribution >= 4 is 20.8 Å². The summed E-state index contributed by atoms with van der Waals surface area (Å²) in [5.41, 5.74) is 0.0863. The van der Waals surface area contributed by atoms with Gasteiger partial charge in [0.1, 0.15) is 0 Å². The Labute approximate surface area is 173 Å². The summed E-state index contributed by atoms with van der Waals surface area (Å²) < 4.78 is 16.2. The molecule has 1 amide bonds. The van der Waals surface area contributed by atoms with E-state index in [1.807, 2.05) is 18.2 Å². The number of nitrogens with one attached hydrogen (secondary N) is 1. The third kappa shape index (κ3) is 5.20. The van der Waals surface area contributed by atoms with Gasteiger partial charge >= 0.3 is 8.80 Å². The van der Waals surface area contributed by atoms with Gasteiger partial charge in [-0.25, -0.2) is 0 Å². The Balaban J connectivity index is 2.19. The molecular weight excluding hydrogens is 386 g/mol. The number of carbonyl (C=O) groups is 1. The summed E-state index contributed by atoms with van der Waals surface area (Å²) in [6.07, 6.45) is 2.30. The van der Waals surface area contributed by atoms with Crippen LogP contribution in [0.5, 0.6) is 0 Å². The standard InChI is InChI=1S/C22H29NO5Si/c1-5-18-12-14-20(15-13-18)22(25,19-10-7-6-8-11-19)21(24)23-16-9-17-29(26-2,27-3)28-4/h5-8,10-15,25H,1,9,16-17H2,2-4H3,(H,23,24). The van der Waals surface area contributed by atoms with Crippen molar-refractivity contribution in [2.75, 3.05) is 27.9 Å². The van der Waals surface area contributed by atoms with E-state index in [0.29, 0.717) is 30.1 Å². The molecular formula is C22H29NO5Si. The Morgan fingerprint density at radius 1 is 1.03 bits per heavy atom. The van der Waals surface area contributed by atoms with E-state index in [4.69, 9.17) is 13.3 Å². The maximum absolute atomic E-state index is 13.1. The fourth-order valence-corrected chi connectivity index (χ4v) is 4.88. The van der Waals surface area contributed by atoms with E-state index in [-0.39, 0.29) is 0 Å². The Morgan fingerprint density at radius 3 is 2.10 bits per heavy atom. The summed E-state index contributed by atoms with van der Waals surface area (Å²) in [6.45, 7) is 4.09. The Bertz CT molecular complexity index is 784. The molecule has 1 unspecified atom stereocenters. The molecule has 0 aliphatic rings. The zero-order valence-corrected chi connectivity index (χ0v) is 18.2. The van der Waals surface area contributed by atoms with Crippen LogP contribution in [-0.2, 0) is 23.7 Å². The van der Waals surface area contributed by atoms with Crippen molar-refractivity contribution in [1.82, 2.24) is 5.32 Å². The summed E-state index contributed by atoms with van der Waals surface area (Å²) in [4.78, 5) is 13.1. The molecule has 2 aromatic carbocycles. The van der Waals surface area contributed by atoms with Crippen LogP contribution in [-0.4, -0.2) is 47.7 Å². The first-order valence-corrected chi connectivity index (χ1v) is 11.3. The minimum atomic E-state index is -2.70. The average molecular weight is 416 g/mol. The zero-order valence-electron chi connectivity index (χ0n) is 17.2. The molecule has 2 rings (SSSR count). The number of amides is 1. The topological polar surface area (TPSA) is 77.0 Å². The zero-order chi connectivity index (χ0) is 21.3. The number of benzene rings is 2. The van der Waals surface area contributed by atoms with Gasteiger partial charge in [-0.3, -0.25) is 4.79 Å². The van der Waals surface area contributed by atoms with E-state index in [9.17, 15) is 9.90 Å². The molecule has 2 N–H and O–H groups in total. The molecule has 7 heteroatoms. The van der Waals surface area contributed by atoms with Crippen LogP contribution < -0.4 is 5.32 Å². The van der Waals surface area contributed by atoms with Crippen molar-refractivity contribution in [2.24, 2.45) is 0 Å². The lowest BCUT2D eigenvalue weighted by Gasteiger charge is -2.29. The Hall–Kier alpha value is -2.29. The highest BCUT2D eigenvalue weighted by Crippen LogP contribution is 2.30. The second-order valence-electron chi connectivity index (χ2n) is 6.56. The van der Waals surface area contributed by atoms with Gasteiger partial charge in [-0.15, -0.1) is 0 Å². The SMILES string of the molecule is C=Cc1ccc(C(O)(C(=O)NCCC[Si](OC)(OC)OC)c2ccccc2)cc1. The van der Waals surface area contributed by atoms with Crippen LogP contribution in [0.1, 0.15) is 23.1 Å². The van der Waals surface area contributed by atoms with Gasteiger partial charge in [0.2, 0.25) is 0 Å². The number of aliphatic hydroxyl groups is 1. The first-order valence-electron chi connectivity index (χ1n) is 9.40. The van der Waals surface area contributed by atoms with Crippen molar-refractivity contribution in [3.63, 3.8) is 0 Å². The monoisotopic (exact) mass is 415 g/mol. The van der Waals surface area contributed by atoms with Gasteiger partial charge in [-0.1, -0.05) is 67.3 Å². The first-order chi connectivity index (χ1) is 14.0. The van der Waals surface area contributed by atoms with Crippen molar-refractivity contribution in [3.05, 3.63) is 77.9 Å². The highest BCUT2D eigenvalue weighted by atomic mass is 28.4. The van der Waals surface area contributed by atoms with Crippen LogP contribution in [0.4, 0.5) is 0 Å². The van der Waals surface area contributed by atoms with Gasteiger partial charge in [-0.05, 0) is 23.1 Å². The summed E-state index contributed by atoms with van der Waals surface area (Å²) in [6, 6.07) is 16.6. The van der Waals surface area contributed by atoms with E-state index in [1.165, 1.54) is 0 Å². The van der Waals surface area contributed by atoms with Gasteiger partial charge < -0.3 is 23.7 Å². The molecule has 0 aliphatic carbocycles. The number of carbonyl (C=O) groups excluding carboxylic acids is 1. The van der Waals surface area contributed by atoms with Gasteiger partial charge in [-0.2, -0.15) is 0 Å². The van der Waals surface area contributed by atoms with Crippen LogP contribution in [0.3, 0.4) is 0 Å². The lowest BCUT2D eigenvalue weighted by molar-refractivity contribution is -0.136. The van der Waals surface area contributed by atoms with E-state index in [0.717, 1.165) is 5.56 Å². The molecule has 1 atom stereocenters. The smallest absolute Gasteiger partial charge is 0.377 e.